The molecule has 2 aromatic heterocycles. The number of oxime groups is 1. The van der Waals surface area contributed by atoms with Gasteiger partial charge in [0, 0.05) is 34.7 Å². The van der Waals surface area contributed by atoms with Gasteiger partial charge in [-0.1, -0.05) is 5.16 Å². The number of aromatic hydroxyl groups is 1. The fourth-order valence-corrected chi connectivity index (χ4v) is 4.18. The van der Waals surface area contributed by atoms with Gasteiger partial charge in [0.25, 0.3) is 5.56 Å². The third-order valence-corrected chi connectivity index (χ3v) is 5.74. The Morgan fingerprint density at radius 1 is 1.30 bits per heavy atom. The molecule has 2 N–H and O–H groups in total. The molecular weight excluding hydrogens is 426 g/mol. The maximum absolute atomic E-state index is 13.1. The van der Waals surface area contributed by atoms with Gasteiger partial charge in [-0.3, -0.25) is 4.79 Å². The summed E-state index contributed by atoms with van der Waals surface area (Å²) in [6, 6.07) is 6.84. The van der Waals surface area contributed by atoms with E-state index in [0.717, 1.165) is 10.9 Å². The van der Waals surface area contributed by atoms with Gasteiger partial charge in [-0.2, -0.15) is 0 Å². The van der Waals surface area contributed by atoms with Crippen molar-refractivity contribution in [3.05, 3.63) is 56.9 Å². The summed E-state index contributed by atoms with van der Waals surface area (Å²) in [6.45, 7) is 5.81. The topological polar surface area (TPSA) is 123 Å². The van der Waals surface area contributed by atoms with Crippen LogP contribution in [0.4, 0.5) is 0 Å². The number of rotatable bonds is 3. The molecule has 9 heteroatoms. The molecule has 4 heterocycles. The van der Waals surface area contributed by atoms with Crippen molar-refractivity contribution in [1.29, 1.82) is 0 Å². The molecule has 2 aliphatic heterocycles. The Morgan fingerprint density at radius 3 is 2.85 bits per heavy atom. The molecule has 0 saturated heterocycles. The molecule has 0 fully saturated rings. The van der Waals surface area contributed by atoms with Gasteiger partial charge in [-0.05, 0) is 45.0 Å². The molecule has 170 valence electrons. The van der Waals surface area contributed by atoms with Gasteiger partial charge in [-0.25, -0.2) is 9.78 Å². The Morgan fingerprint density at radius 2 is 2.09 bits per heavy atom. The van der Waals surface area contributed by atoms with Crippen LogP contribution >= 0.6 is 0 Å². The molecule has 0 radical (unpaired) electrons. The van der Waals surface area contributed by atoms with E-state index in [9.17, 15) is 19.8 Å². The highest BCUT2D eigenvalue weighted by Crippen LogP contribution is 2.37. The van der Waals surface area contributed by atoms with Crippen molar-refractivity contribution < 1.29 is 24.6 Å². The van der Waals surface area contributed by atoms with E-state index in [4.69, 9.17) is 14.6 Å². The summed E-state index contributed by atoms with van der Waals surface area (Å²) < 4.78 is 6.49. The minimum absolute atomic E-state index is 0.119. The highest BCUT2D eigenvalue weighted by molar-refractivity contribution is 5.90. The number of pyridine rings is 2. The van der Waals surface area contributed by atoms with Crippen molar-refractivity contribution in [2.45, 2.75) is 52.0 Å². The predicted molar refractivity (Wildman–Crippen MR) is 120 cm³/mol. The largest absolute Gasteiger partial charge is 0.508 e. The van der Waals surface area contributed by atoms with Gasteiger partial charge >= 0.3 is 5.97 Å². The number of phenolic OH excluding ortho intramolecular Hbond substituents is 1. The Bertz CT molecular complexity index is 1400. The van der Waals surface area contributed by atoms with E-state index >= 15 is 0 Å². The highest BCUT2D eigenvalue weighted by atomic mass is 16.6. The number of carbonyl (C=O) groups is 1. The van der Waals surface area contributed by atoms with E-state index in [-0.39, 0.29) is 29.0 Å². The number of hydrogen-bond acceptors (Lipinski definition) is 8. The van der Waals surface area contributed by atoms with Gasteiger partial charge in [-0.15, -0.1) is 0 Å². The lowest BCUT2D eigenvalue weighted by Gasteiger charge is -2.21. The molecule has 0 amide bonds. The second-order valence-corrected chi connectivity index (χ2v) is 9.19. The predicted octanol–water partition coefficient (Wildman–Crippen LogP) is 2.56. The molecule has 0 saturated carbocycles. The molecule has 0 bridgehead atoms. The Hall–Kier alpha value is -3.72. The molecule has 0 aliphatic carbocycles. The lowest BCUT2D eigenvalue weighted by atomic mass is 9.99. The molecular formula is C24H23N3O6. The van der Waals surface area contributed by atoms with E-state index < -0.39 is 17.7 Å². The number of aliphatic hydroxyl groups is 1. The molecule has 3 aromatic rings. The molecule has 2 aliphatic rings. The minimum atomic E-state index is -1.49. The van der Waals surface area contributed by atoms with Crippen LogP contribution in [-0.2, 0) is 33.9 Å². The second-order valence-electron chi connectivity index (χ2n) is 9.19. The summed E-state index contributed by atoms with van der Waals surface area (Å²) in [5.41, 5.74) is 3.06. The summed E-state index contributed by atoms with van der Waals surface area (Å²) in [7, 11) is 0. The number of nitrogens with zero attached hydrogens (tertiary/aromatic N) is 3. The summed E-state index contributed by atoms with van der Waals surface area (Å²) in [4.78, 5) is 35.0. The normalized spacial score (nSPS) is 17.1. The smallest absolute Gasteiger partial charge is 0.340 e. The Labute approximate surface area is 188 Å². The lowest BCUT2D eigenvalue weighted by Crippen LogP contribution is -2.32. The zero-order valence-corrected chi connectivity index (χ0v) is 18.5. The molecule has 33 heavy (non-hydrogen) atoms. The van der Waals surface area contributed by atoms with Crippen molar-refractivity contribution in [3.63, 3.8) is 0 Å². The highest BCUT2D eigenvalue weighted by Gasteiger charge is 2.33. The van der Waals surface area contributed by atoms with Crippen molar-refractivity contribution in [1.82, 2.24) is 9.55 Å². The first kappa shape index (κ1) is 21.1. The number of fused-ring (bicyclic) bond motifs is 5. The van der Waals surface area contributed by atoms with Crippen molar-refractivity contribution >= 4 is 23.1 Å². The van der Waals surface area contributed by atoms with Crippen LogP contribution in [0.25, 0.3) is 22.3 Å². The summed E-state index contributed by atoms with van der Waals surface area (Å²) in [6.07, 6.45) is 0.445. The molecule has 1 aromatic carbocycles. The van der Waals surface area contributed by atoms with Crippen LogP contribution in [0.2, 0.25) is 0 Å². The number of hydrogen-bond donors (Lipinski definition) is 2. The first-order chi connectivity index (χ1) is 15.6. The van der Waals surface area contributed by atoms with Gasteiger partial charge in [0.15, 0.2) is 6.10 Å². The fourth-order valence-electron chi connectivity index (χ4n) is 4.18. The van der Waals surface area contributed by atoms with E-state index in [1.165, 1.54) is 0 Å². The van der Waals surface area contributed by atoms with Crippen molar-refractivity contribution in [3.8, 4) is 17.1 Å². The van der Waals surface area contributed by atoms with Crippen LogP contribution in [0.15, 0.2) is 34.2 Å². The Kier molecular flexibility index (Phi) is 4.75. The number of ether oxygens (including phenoxy) is 1. The average Bonchev–Trinajstić information content (AvgIpc) is 3.11. The summed E-state index contributed by atoms with van der Waals surface area (Å²) in [5.74, 6) is -0.651. The quantitative estimate of drug-likeness (QED) is 0.280. The van der Waals surface area contributed by atoms with Crippen molar-refractivity contribution in [2.24, 2.45) is 5.16 Å². The lowest BCUT2D eigenvalue weighted by molar-refractivity contribution is -0.157. The number of carbonyl (C=O) groups excluding carboxylic acids is 1. The van der Waals surface area contributed by atoms with E-state index in [0.29, 0.717) is 35.4 Å². The molecule has 9 nitrogen and oxygen atoms in total. The zero-order chi connectivity index (χ0) is 23.5. The number of aromatic nitrogens is 2. The number of esters is 1. The minimum Gasteiger partial charge on any atom is -0.508 e. The van der Waals surface area contributed by atoms with Crippen LogP contribution in [0.1, 0.15) is 49.1 Å². The van der Waals surface area contributed by atoms with E-state index in [1.807, 2.05) is 26.8 Å². The standard InChI is InChI=1S/C24H23N3O6/c1-24(2,3)33-25-7-6-13-14-8-12-10-27-18(20(12)26-17(14)4-5-19(13)28)9-15-16(22(27)30)11-32-23(31)21(15)29/h4-5,7-9,21,28-29H,6,10-11H2,1-3H3/b25-7+. The van der Waals surface area contributed by atoms with Crippen molar-refractivity contribution in [2.75, 3.05) is 0 Å². The molecule has 5 rings (SSSR count). The molecule has 0 spiro atoms. The molecule has 1 atom stereocenters. The Balaban J connectivity index is 1.59. The average molecular weight is 449 g/mol. The second kappa shape index (κ2) is 7.41. The first-order valence-electron chi connectivity index (χ1n) is 10.6. The maximum atomic E-state index is 13.1. The molecule has 1 unspecified atom stereocenters. The van der Waals surface area contributed by atoms with Gasteiger partial charge < -0.3 is 24.4 Å². The third kappa shape index (κ3) is 3.54. The fraction of sp³-hybridized carbons (Fsp3) is 0.333. The van der Waals surface area contributed by atoms with Crippen LogP contribution < -0.4 is 5.56 Å². The van der Waals surface area contributed by atoms with Crippen LogP contribution in [-0.4, -0.2) is 37.5 Å². The first-order valence-corrected chi connectivity index (χ1v) is 10.6. The van der Waals surface area contributed by atoms with E-state index in [2.05, 4.69) is 5.16 Å². The monoisotopic (exact) mass is 449 g/mol. The van der Waals surface area contributed by atoms with Crippen LogP contribution in [0.5, 0.6) is 5.75 Å². The van der Waals surface area contributed by atoms with Crippen LogP contribution in [0, 0.1) is 0 Å². The third-order valence-electron chi connectivity index (χ3n) is 5.74. The number of benzene rings is 1. The van der Waals surface area contributed by atoms with Gasteiger partial charge in [0.2, 0.25) is 0 Å². The van der Waals surface area contributed by atoms with Gasteiger partial charge in [0.1, 0.15) is 18.0 Å². The summed E-state index contributed by atoms with van der Waals surface area (Å²) >= 11 is 0. The van der Waals surface area contributed by atoms with Crippen LogP contribution in [0.3, 0.4) is 0 Å². The number of aliphatic hydroxyl groups excluding tert-OH is 1. The maximum Gasteiger partial charge on any atom is 0.340 e. The van der Waals surface area contributed by atoms with E-state index in [1.54, 1.807) is 29.0 Å². The summed E-state index contributed by atoms with van der Waals surface area (Å²) in [5, 5.41) is 25.4. The number of cyclic esters (lactones) is 1. The zero-order valence-electron chi connectivity index (χ0n) is 18.5. The van der Waals surface area contributed by atoms with Gasteiger partial charge in [0.05, 0.1) is 29.0 Å². The SMILES string of the molecule is CC(C)(C)O/N=C/Cc1c(O)ccc2nc3c(cc12)Cn1c-3cc2c(c1=O)COC(=O)C2O. The number of phenols is 1.